The van der Waals surface area contributed by atoms with Crippen LogP contribution in [-0.4, -0.2) is 16.9 Å². The highest BCUT2D eigenvalue weighted by Gasteiger charge is 2.51. The number of aromatic nitrogens is 1. The third-order valence-corrected chi connectivity index (χ3v) is 6.65. The van der Waals surface area contributed by atoms with Crippen LogP contribution in [0.25, 0.3) is 11.3 Å². The quantitative estimate of drug-likeness (QED) is 0.825. The van der Waals surface area contributed by atoms with Crippen LogP contribution < -0.4 is 10.4 Å². The number of carbonyl (C=O) groups is 2. The van der Waals surface area contributed by atoms with Crippen molar-refractivity contribution < 1.29 is 14.7 Å². The van der Waals surface area contributed by atoms with Gasteiger partial charge in [0.15, 0.2) is 5.13 Å². The Labute approximate surface area is 157 Å². The number of halogens is 1. The predicted octanol–water partition coefficient (Wildman–Crippen LogP) is 2.92. The number of carboxylic acids is 1. The number of carbonyl (C=O) groups excluding carboxylic acids is 2. The van der Waals surface area contributed by atoms with Gasteiger partial charge in [-0.3, -0.25) is 4.79 Å². The molecule has 7 heteroatoms. The fourth-order valence-electron chi connectivity index (χ4n) is 4.28. The number of hydrogen-bond acceptors (Lipinski definition) is 5. The summed E-state index contributed by atoms with van der Waals surface area (Å²) in [5.74, 6) is -2.26. The van der Waals surface area contributed by atoms with E-state index in [1.54, 1.807) is 0 Å². The molecule has 4 atom stereocenters. The van der Waals surface area contributed by atoms with Gasteiger partial charge in [-0.2, -0.15) is 0 Å². The van der Waals surface area contributed by atoms with Gasteiger partial charge in [-0.1, -0.05) is 28.1 Å². The first-order valence-electron chi connectivity index (χ1n) is 8.26. The van der Waals surface area contributed by atoms with Crippen molar-refractivity contribution in [1.82, 2.24) is 4.98 Å². The molecule has 2 aliphatic rings. The number of fused-ring (bicyclic) bond motifs is 2. The van der Waals surface area contributed by atoms with Crippen LogP contribution in [0.3, 0.4) is 0 Å². The predicted molar refractivity (Wildman–Crippen MR) is 96.7 cm³/mol. The molecule has 5 nitrogen and oxygen atoms in total. The summed E-state index contributed by atoms with van der Waals surface area (Å²) in [6.07, 6.45) is 2.63. The maximum atomic E-state index is 12.7. The highest BCUT2D eigenvalue weighted by Crippen LogP contribution is 2.52. The van der Waals surface area contributed by atoms with E-state index in [9.17, 15) is 14.7 Å². The van der Waals surface area contributed by atoms with E-state index in [1.807, 2.05) is 29.6 Å². The molecule has 1 heterocycles. The molecule has 0 aliphatic heterocycles. The van der Waals surface area contributed by atoms with Gasteiger partial charge in [0.1, 0.15) is 0 Å². The minimum atomic E-state index is -1.10. The van der Waals surface area contributed by atoms with Crippen LogP contribution in [0.4, 0.5) is 5.13 Å². The summed E-state index contributed by atoms with van der Waals surface area (Å²) < 4.78 is 0.990. The zero-order valence-corrected chi connectivity index (χ0v) is 15.7. The normalized spacial score (nSPS) is 27.4. The highest BCUT2D eigenvalue weighted by molar-refractivity contribution is 9.10. The minimum Gasteiger partial charge on any atom is -0.550 e. The van der Waals surface area contributed by atoms with Crippen LogP contribution in [0, 0.1) is 23.7 Å². The van der Waals surface area contributed by atoms with Crippen molar-refractivity contribution in [2.45, 2.75) is 19.3 Å². The number of benzene rings is 1. The van der Waals surface area contributed by atoms with E-state index < -0.39 is 17.8 Å². The van der Waals surface area contributed by atoms with E-state index in [1.165, 1.54) is 11.3 Å². The lowest BCUT2D eigenvalue weighted by Crippen LogP contribution is -2.43. The van der Waals surface area contributed by atoms with Gasteiger partial charge in [-0.15, -0.1) is 11.3 Å². The summed E-state index contributed by atoms with van der Waals surface area (Å²) in [6, 6.07) is 7.78. The Bertz CT molecular complexity index is 820. The molecule has 2 saturated carbocycles. The van der Waals surface area contributed by atoms with Crippen molar-refractivity contribution in [2.24, 2.45) is 23.7 Å². The second-order valence-corrected chi connectivity index (χ2v) is 8.51. The zero-order valence-electron chi connectivity index (χ0n) is 13.3. The fraction of sp³-hybridized carbons (Fsp3) is 0.389. The molecule has 0 saturated heterocycles. The molecule has 2 fully saturated rings. The molecule has 25 heavy (non-hydrogen) atoms. The van der Waals surface area contributed by atoms with Crippen LogP contribution in [-0.2, 0) is 9.59 Å². The van der Waals surface area contributed by atoms with Gasteiger partial charge < -0.3 is 15.2 Å². The Morgan fingerprint density at radius 2 is 1.84 bits per heavy atom. The molecule has 0 unspecified atom stereocenters. The monoisotopic (exact) mass is 419 g/mol. The third-order valence-electron chi connectivity index (χ3n) is 5.37. The van der Waals surface area contributed by atoms with Gasteiger partial charge in [0.25, 0.3) is 0 Å². The van der Waals surface area contributed by atoms with Gasteiger partial charge in [0, 0.05) is 33.2 Å². The summed E-state index contributed by atoms with van der Waals surface area (Å²) >= 11 is 4.75. The number of anilines is 1. The first-order valence-corrected chi connectivity index (χ1v) is 9.93. The summed E-state index contributed by atoms with van der Waals surface area (Å²) in [7, 11) is 0. The van der Waals surface area contributed by atoms with E-state index in [-0.39, 0.29) is 17.7 Å². The summed E-state index contributed by atoms with van der Waals surface area (Å²) in [5.41, 5.74) is 1.75. The number of rotatable bonds is 4. The lowest BCUT2D eigenvalue weighted by Gasteiger charge is -2.30. The number of hydrogen-bond donors (Lipinski definition) is 1. The molecule has 2 bridgehead atoms. The van der Waals surface area contributed by atoms with E-state index >= 15 is 0 Å². The van der Waals surface area contributed by atoms with Crippen molar-refractivity contribution in [3.8, 4) is 11.3 Å². The molecule has 0 radical (unpaired) electrons. The highest BCUT2D eigenvalue weighted by atomic mass is 79.9. The number of thiazole rings is 1. The topological polar surface area (TPSA) is 82.1 Å². The Hall–Kier alpha value is -1.73. The lowest BCUT2D eigenvalue weighted by atomic mass is 9.79. The van der Waals surface area contributed by atoms with E-state index in [2.05, 4.69) is 26.2 Å². The average molecular weight is 420 g/mol. The number of amides is 1. The summed E-state index contributed by atoms with van der Waals surface area (Å²) in [4.78, 5) is 28.6. The molecule has 1 aromatic heterocycles. The summed E-state index contributed by atoms with van der Waals surface area (Å²) in [6.45, 7) is 0. The van der Waals surface area contributed by atoms with E-state index in [0.29, 0.717) is 5.13 Å². The van der Waals surface area contributed by atoms with Crippen LogP contribution in [0.15, 0.2) is 34.1 Å². The van der Waals surface area contributed by atoms with Crippen LogP contribution in [0.2, 0.25) is 0 Å². The Balaban J connectivity index is 1.50. The fourth-order valence-corrected chi connectivity index (χ4v) is 5.27. The SMILES string of the molecule is O=C([O-])[C@H]1[C@H]2CC[C@@H](C2)[C@@H]1C(=O)Nc1nc(-c2ccc(Br)cc2)cs1. The van der Waals surface area contributed by atoms with Crippen LogP contribution in [0.1, 0.15) is 19.3 Å². The van der Waals surface area contributed by atoms with Gasteiger partial charge in [0.2, 0.25) is 5.91 Å². The lowest BCUT2D eigenvalue weighted by molar-refractivity contribution is -0.314. The molecular formula is C18H16BrN2O3S-. The molecule has 1 aromatic carbocycles. The third kappa shape index (κ3) is 3.11. The molecular weight excluding hydrogens is 404 g/mol. The van der Waals surface area contributed by atoms with Crippen molar-refractivity contribution >= 4 is 44.3 Å². The number of nitrogens with zero attached hydrogens (tertiary/aromatic N) is 1. The molecule has 2 aliphatic carbocycles. The molecule has 2 aromatic rings. The molecule has 1 amide bonds. The maximum absolute atomic E-state index is 12.7. The largest absolute Gasteiger partial charge is 0.550 e. The number of nitrogens with one attached hydrogen (secondary N) is 1. The zero-order chi connectivity index (χ0) is 17.6. The maximum Gasteiger partial charge on any atom is 0.230 e. The van der Waals surface area contributed by atoms with E-state index in [4.69, 9.17) is 0 Å². The molecule has 4 rings (SSSR count). The van der Waals surface area contributed by atoms with E-state index in [0.717, 1.165) is 35.0 Å². The average Bonchev–Trinajstić information content (AvgIpc) is 3.30. The van der Waals surface area contributed by atoms with Gasteiger partial charge >= 0.3 is 0 Å². The molecule has 130 valence electrons. The molecule has 1 N–H and O–H groups in total. The van der Waals surface area contributed by atoms with Crippen molar-refractivity contribution in [1.29, 1.82) is 0 Å². The smallest absolute Gasteiger partial charge is 0.230 e. The van der Waals surface area contributed by atoms with Gasteiger partial charge in [-0.05, 0) is 43.2 Å². The number of aliphatic carboxylic acids is 1. The van der Waals surface area contributed by atoms with Gasteiger partial charge in [0.05, 0.1) is 5.69 Å². The van der Waals surface area contributed by atoms with Crippen LogP contribution >= 0.6 is 27.3 Å². The Morgan fingerprint density at radius 1 is 1.16 bits per heavy atom. The van der Waals surface area contributed by atoms with Crippen molar-refractivity contribution in [3.63, 3.8) is 0 Å². The first kappa shape index (κ1) is 16.7. The Morgan fingerprint density at radius 3 is 2.52 bits per heavy atom. The number of carboxylic acid groups (broad SMARTS) is 1. The second kappa shape index (κ2) is 6.53. The van der Waals surface area contributed by atoms with Gasteiger partial charge in [-0.25, -0.2) is 4.98 Å². The second-order valence-electron chi connectivity index (χ2n) is 6.74. The van der Waals surface area contributed by atoms with Crippen LogP contribution in [0.5, 0.6) is 0 Å². The molecule has 0 spiro atoms. The Kier molecular flexibility index (Phi) is 4.37. The van der Waals surface area contributed by atoms with Crippen molar-refractivity contribution in [3.05, 3.63) is 34.1 Å². The summed E-state index contributed by atoms with van der Waals surface area (Å²) in [5, 5.41) is 16.7. The minimum absolute atomic E-state index is 0.0837. The van der Waals surface area contributed by atoms with Crippen molar-refractivity contribution in [2.75, 3.05) is 5.32 Å². The first-order chi connectivity index (χ1) is 12.0. The standard InChI is InChI=1S/C18H17BrN2O3S/c19-12-5-3-9(4-6-12)13-8-25-18(20-13)21-16(22)14-10-1-2-11(7-10)15(14)17(23)24/h3-6,8,10-11,14-15H,1-2,7H2,(H,23,24)(H,20,21,22)/p-1/t10-,11-,14-,15-/m0/s1.